The minimum atomic E-state index is 0.754. The van der Waals surface area contributed by atoms with Crippen LogP contribution in [0.4, 0.5) is 5.00 Å². The highest BCUT2D eigenvalue weighted by atomic mass is 32.9. The molecule has 4 heteroatoms. The molecule has 1 aromatic rings. The Kier molecular flexibility index (Phi) is 3.57. The molecule has 14 heavy (non-hydrogen) atoms. The molecular formula is C10H15NS3. The molecule has 0 atom stereocenters. The van der Waals surface area contributed by atoms with Crippen LogP contribution in [0.25, 0.3) is 0 Å². The first-order valence-electron chi connectivity index (χ1n) is 5.10. The molecule has 1 aliphatic rings. The number of hydrogen-bond acceptors (Lipinski definition) is 4. The number of hydrogen-bond donors (Lipinski definition) is 0. The van der Waals surface area contributed by atoms with Crippen LogP contribution in [0.2, 0.25) is 0 Å². The fourth-order valence-electron chi connectivity index (χ4n) is 2.04. The van der Waals surface area contributed by atoms with Gasteiger partial charge < -0.3 is 4.90 Å². The Labute approximate surface area is 97.8 Å². The van der Waals surface area contributed by atoms with Crippen molar-refractivity contribution in [3.8, 4) is 0 Å². The summed E-state index contributed by atoms with van der Waals surface area (Å²) in [6.07, 6.45) is 6.91. The van der Waals surface area contributed by atoms with Crippen molar-refractivity contribution in [3.63, 3.8) is 0 Å². The van der Waals surface area contributed by atoms with Gasteiger partial charge in [-0.2, -0.15) is 0 Å². The van der Waals surface area contributed by atoms with Crippen LogP contribution in [-0.2, 0) is 0 Å². The summed E-state index contributed by atoms with van der Waals surface area (Å²) >= 11 is 5.16. The van der Waals surface area contributed by atoms with Crippen molar-refractivity contribution in [2.24, 2.45) is 0 Å². The zero-order valence-electron chi connectivity index (χ0n) is 8.36. The van der Waals surface area contributed by atoms with Gasteiger partial charge >= 0.3 is 0 Å². The monoisotopic (exact) mass is 245 g/mol. The summed E-state index contributed by atoms with van der Waals surface area (Å²) < 4.78 is 1.02. The minimum absolute atomic E-state index is 0.754. The van der Waals surface area contributed by atoms with Crippen LogP contribution in [0, 0.1) is 3.82 Å². The lowest BCUT2D eigenvalue weighted by atomic mass is 9.95. The van der Waals surface area contributed by atoms with E-state index in [9.17, 15) is 0 Å². The van der Waals surface area contributed by atoms with E-state index in [0.29, 0.717) is 0 Å². The van der Waals surface area contributed by atoms with Gasteiger partial charge in [-0.1, -0.05) is 52.2 Å². The summed E-state index contributed by atoms with van der Waals surface area (Å²) in [5.74, 6) is 0. The van der Waals surface area contributed by atoms with Crippen LogP contribution in [0.3, 0.4) is 0 Å². The van der Waals surface area contributed by atoms with E-state index in [0.717, 1.165) is 9.87 Å². The van der Waals surface area contributed by atoms with Crippen molar-refractivity contribution < 1.29 is 0 Å². The Bertz CT molecular complexity index is 335. The van der Waals surface area contributed by atoms with E-state index >= 15 is 0 Å². The maximum Gasteiger partial charge on any atom is 0.104 e. The van der Waals surface area contributed by atoms with Crippen molar-refractivity contribution in [2.75, 3.05) is 11.9 Å². The molecule has 0 amide bonds. The van der Waals surface area contributed by atoms with Gasteiger partial charge in [0.1, 0.15) is 8.82 Å². The molecule has 1 aromatic heterocycles. The summed E-state index contributed by atoms with van der Waals surface area (Å²) in [6, 6.07) is 2.89. The molecule has 0 N–H and O–H groups in total. The van der Waals surface area contributed by atoms with Crippen LogP contribution in [0.15, 0.2) is 6.07 Å². The molecule has 0 bridgehead atoms. The average Bonchev–Trinajstić information content (AvgIpc) is 2.65. The van der Waals surface area contributed by atoms with Gasteiger partial charge in [0, 0.05) is 19.2 Å². The predicted molar refractivity (Wildman–Crippen MR) is 68.3 cm³/mol. The largest absolute Gasteiger partial charge is 0.363 e. The highest BCUT2D eigenvalue weighted by Gasteiger charge is 2.18. The van der Waals surface area contributed by atoms with Gasteiger partial charge in [-0.25, -0.2) is 0 Å². The van der Waals surface area contributed by atoms with Crippen LogP contribution < -0.4 is 4.90 Å². The topological polar surface area (TPSA) is 3.24 Å². The molecule has 1 nitrogen and oxygen atoms in total. The molecule has 1 aliphatic carbocycles. The van der Waals surface area contributed by atoms with Crippen LogP contribution in [-0.4, -0.2) is 13.1 Å². The molecule has 0 saturated heterocycles. The lowest BCUT2D eigenvalue weighted by Gasteiger charge is -2.31. The summed E-state index contributed by atoms with van der Waals surface area (Å²) in [4.78, 5) is 2.43. The van der Waals surface area contributed by atoms with E-state index in [1.165, 1.54) is 37.1 Å². The summed E-state index contributed by atoms with van der Waals surface area (Å²) in [5, 5.41) is 1.35. The third-order valence-corrected chi connectivity index (χ3v) is 5.85. The lowest BCUT2D eigenvalue weighted by Crippen LogP contribution is -2.32. The molecule has 1 saturated carbocycles. The quantitative estimate of drug-likeness (QED) is 0.564. The first-order chi connectivity index (χ1) is 6.77. The van der Waals surface area contributed by atoms with Gasteiger partial charge in [0.15, 0.2) is 0 Å². The van der Waals surface area contributed by atoms with E-state index in [4.69, 9.17) is 12.2 Å². The number of rotatable bonds is 2. The van der Waals surface area contributed by atoms with Gasteiger partial charge in [0.25, 0.3) is 0 Å². The molecule has 0 aromatic carbocycles. The maximum absolute atomic E-state index is 5.16. The molecular weight excluding hydrogens is 230 g/mol. The second kappa shape index (κ2) is 4.73. The molecule has 2 rings (SSSR count). The predicted octanol–water partition coefficient (Wildman–Crippen LogP) is 4.31. The third kappa shape index (κ3) is 2.35. The Morgan fingerprint density at radius 3 is 2.57 bits per heavy atom. The van der Waals surface area contributed by atoms with Gasteiger partial charge in [-0.15, -0.1) is 0 Å². The van der Waals surface area contributed by atoms with E-state index < -0.39 is 0 Å². The van der Waals surface area contributed by atoms with E-state index in [1.807, 2.05) is 10.3 Å². The Balaban J connectivity index is 2.06. The fraction of sp³-hybridized carbons (Fsp3) is 0.700. The first kappa shape index (κ1) is 10.6. The maximum atomic E-state index is 5.16. The highest BCUT2D eigenvalue weighted by Crippen LogP contribution is 2.31. The zero-order valence-corrected chi connectivity index (χ0v) is 10.8. The van der Waals surface area contributed by atoms with Gasteiger partial charge in [0.05, 0.1) is 0 Å². The summed E-state index contributed by atoms with van der Waals surface area (Å²) in [5.41, 5.74) is 0. The Morgan fingerprint density at radius 2 is 2.00 bits per heavy atom. The molecule has 1 heterocycles. The lowest BCUT2D eigenvalue weighted by molar-refractivity contribution is 0.429. The van der Waals surface area contributed by atoms with E-state index in [2.05, 4.69) is 18.0 Å². The van der Waals surface area contributed by atoms with E-state index in [-0.39, 0.29) is 0 Å². The van der Waals surface area contributed by atoms with Crippen molar-refractivity contribution >= 4 is 37.9 Å². The van der Waals surface area contributed by atoms with Gasteiger partial charge in [-0.05, 0) is 12.8 Å². The summed E-state index contributed by atoms with van der Waals surface area (Å²) in [6.45, 7) is 0. The van der Waals surface area contributed by atoms with E-state index in [1.54, 1.807) is 10.3 Å². The molecule has 1 fully saturated rings. The Morgan fingerprint density at radius 1 is 1.29 bits per heavy atom. The molecule has 0 spiro atoms. The first-order valence-corrected chi connectivity index (χ1v) is 7.66. The minimum Gasteiger partial charge on any atom is -0.363 e. The standard InChI is InChI=1S/C10H15NS3/c1-11(8-5-3-2-4-6-8)9-7-10(12)14-13-9/h7-8H,2-6H2,1H3. The smallest absolute Gasteiger partial charge is 0.104 e. The summed E-state index contributed by atoms with van der Waals surface area (Å²) in [7, 11) is 5.74. The van der Waals surface area contributed by atoms with Crippen LogP contribution in [0.1, 0.15) is 32.1 Å². The highest BCUT2D eigenvalue weighted by molar-refractivity contribution is 7.80. The normalized spacial score (nSPS) is 18.4. The molecule has 0 aliphatic heterocycles. The van der Waals surface area contributed by atoms with Crippen molar-refractivity contribution in [3.05, 3.63) is 9.89 Å². The Hall–Kier alpha value is 0.0700. The molecule has 78 valence electrons. The molecule has 0 radical (unpaired) electrons. The van der Waals surface area contributed by atoms with Crippen molar-refractivity contribution in [1.82, 2.24) is 0 Å². The molecule has 0 unspecified atom stereocenters. The van der Waals surface area contributed by atoms with Crippen molar-refractivity contribution in [1.29, 1.82) is 0 Å². The second-order valence-corrected chi connectivity index (χ2v) is 6.76. The van der Waals surface area contributed by atoms with Crippen LogP contribution >= 0.6 is 32.9 Å². The van der Waals surface area contributed by atoms with Gasteiger partial charge in [0.2, 0.25) is 0 Å². The number of nitrogens with zero attached hydrogens (tertiary/aromatic N) is 1. The zero-order chi connectivity index (χ0) is 9.97. The number of anilines is 1. The SMILES string of the molecule is CN(c1cc(=S)ss1)C1CCCCC1. The second-order valence-electron chi connectivity index (χ2n) is 3.87. The fourth-order valence-corrected chi connectivity index (χ4v) is 4.51. The van der Waals surface area contributed by atoms with Gasteiger partial charge in [-0.3, -0.25) is 0 Å². The third-order valence-electron chi connectivity index (χ3n) is 2.92. The average molecular weight is 245 g/mol. The van der Waals surface area contributed by atoms with Crippen LogP contribution in [0.5, 0.6) is 0 Å². The van der Waals surface area contributed by atoms with Crippen molar-refractivity contribution in [2.45, 2.75) is 38.1 Å².